The molecule has 0 fully saturated rings. The molecule has 6 nitrogen and oxygen atoms in total. The third-order valence-electron chi connectivity index (χ3n) is 7.03. The van der Waals surface area contributed by atoms with Gasteiger partial charge in [-0.25, -0.2) is 13.9 Å². The fraction of sp³-hybridized carbons (Fsp3) is 0.161. The molecule has 5 aromatic rings. The molecule has 3 aromatic carbocycles. The third-order valence-corrected chi connectivity index (χ3v) is 7.03. The van der Waals surface area contributed by atoms with Gasteiger partial charge in [-0.15, -0.1) is 0 Å². The summed E-state index contributed by atoms with van der Waals surface area (Å²) in [6.45, 7) is 4.46. The van der Waals surface area contributed by atoms with Crippen molar-refractivity contribution in [1.82, 2.24) is 19.2 Å². The maximum absolute atomic E-state index is 14.0. The first-order valence-electron chi connectivity index (χ1n) is 12.8. The first-order chi connectivity index (χ1) is 18.5. The van der Waals surface area contributed by atoms with Crippen molar-refractivity contribution in [2.75, 3.05) is 5.32 Å². The maximum Gasteiger partial charge on any atom is 0.322 e. The number of halogens is 1. The van der Waals surface area contributed by atoms with Crippen LogP contribution in [-0.4, -0.2) is 25.3 Å². The molecule has 0 bridgehead atoms. The Balaban J connectivity index is 1.55. The van der Waals surface area contributed by atoms with Crippen LogP contribution in [0.5, 0.6) is 0 Å². The van der Waals surface area contributed by atoms with Crippen molar-refractivity contribution >= 4 is 11.7 Å². The monoisotopic (exact) mass is 505 g/mol. The SMILES string of the molecule is CCc1nn(-c2ccccc2)c2c1CN(C(=O)Nc1cccc(F)c1)C(c1ccc(C)cc1)c1cccn1-2. The molecule has 190 valence electrons. The second-order valence-electron chi connectivity index (χ2n) is 9.53. The van der Waals surface area contributed by atoms with Gasteiger partial charge in [0.2, 0.25) is 0 Å². The van der Waals surface area contributed by atoms with Crippen molar-refractivity contribution in [3.05, 3.63) is 131 Å². The van der Waals surface area contributed by atoms with E-state index >= 15 is 0 Å². The summed E-state index contributed by atoms with van der Waals surface area (Å²) in [5.41, 5.74) is 6.36. The van der Waals surface area contributed by atoms with Crippen molar-refractivity contribution in [3.63, 3.8) is 0 Å². The van der Waals surface area contributed by atoms with Crippen LogP contribution in [0.1, 0.15) is 41.0 Å². The van der Waals surface area contributed by atoms with Crippen molar-refractivity contribution in [2.45, 2.75) is 32.9 Å². The molecule has 2 aromatic heterocycles. The molecule has 3 heterocycles. The highest BCUT2D eigenvalue weighted by atomic mass is 19.1. The Morgan fingerprint density at radius 3 is 2.53 bits per heavy atom. The Morgan fingerprint density at radius 2 is 1.79 bits per heavy atom. The zero-order valence-electron chi connectivity index (χ0n) is 21.3. The lowest BCUT2D eigenvalue weighted by molar-refractivity contribution is 0.194. The van der Waals surface area contributed by atoms with Gasteiger partial charge < -0.3 is 14.8 Å². The van der Waals surface area contributed by atoms with Crippen LogP contribution in [0, 0.1) is 12.7 Å². The van der Waals surface area contributed by atoms with E-state index in [1.165, 1.54) is 12.1 Å². The van der Waals surface area contributed by atoms with Crippen LogP contribution in [-0.2, 0) is 13.0 Å². The number of rotatable bonds is 4. The number of nitrogens with zero attached hydrogens (tertiary/aromatic N) is 4. The summed E-state index contributed by atoms with van der Waals surface area (Å²) in [6, 6.07) is 27.7. The molecular formula is C31H28FN5O. The zero-order chi connectivity index (χ0) is 26.2. The number of amides is 2. The zero-order valence-corrected chi connectivity index (χ0v) is 21.3. The predicted octanol–water partition coefficient (Wildman–Crippen LogP) is 6.81. The van der Waals surface area contributed by atoms with Crippen LogP contribution < -0.4 is 5.32 Å². The number of carbonyl (C=O) groups excluding carboxylic acids is 1. The molecule has 1 unspecified atom stereocenters. The number of carbonyl (C=O) groups is 1. The lowest BCUT2D eigenvalue weighted by atomic mass is 10.0. The van der Waals surface area contributed by atoms with Crippen LogP contribution in [0.3, 0.4) is 0 Å². The molecule has 38 heavy (non-hydrogen) atoms. The van der Waals surface area contributed by atoms with E-state index in [0.29, 0.717) is 18.7 Å². The molecule has 1 atom stereocenters. The van der Waals surface area contributed by atoms with Gasteiger partial charge >= 0.3 is 6.03 Å². The highest BCUT2D eigenvalue weighted by molar-refractivity contribution is 5.90. The summed E-state index contributed by atoms with van der Waals surface area (Å²) in [7, 11) is 0. The fourth-order valence-electron chi connectivity index (χ4n) is 5.21. The molecule has 2 amide bonds. The number of benzene rings is 3. The summed E-state index contributed by atoms with van der Waals surface area (Å²) < 4.78 is 18.1. The van der Waals surface area contributed by atoms with E-state index in [0.717, 1.165) is 39.6 Å². The van der Waals surface area contributed by atoms with E-state index in [1.54, 1.807) is 12.1 Å². The molecule has 0 aliphatic carbocycles. The molecule has 0 saturated carbocycles. The highest BCUT2D eigenvalue weighted by Gasteiger charge is 2.36. The van der Waals surface area contributed by atoms with Crippen LogP contribution in [0.15, 0.2) is 97.2 Å². The molecule has 0 radical (unpaired) electrons. The largest absolute Gasteiger partial charge is 0.322 e. The molecular weight excluding hydrogens is 477 g/mol. The number of aryl methyl sites for hydroxylation is 2. The van der Waals surface area contributed by atoms with E-state index in [9.17, 15) is 9.18 Å². The first-order valence-corrected chi connectivity index (χ1v) is 12.8. The third kappa shape index (κ3) is 4.16. The van der Waals surface area contributed by atoms with Crippen molar-refractivity contribution in [3.8, 4) is 11.5 Å². The van der Waals surface area contributed by atoms with Gasteiger partial charge in [-0.3, -0.25) is 0 Å². The Bertz CT molecular complexity index is 1600. The maximum atomic E-state index is 14.0. The average molecular weight is 506 g/mol. The summed E-state index contributed by atoms with van der Waals surface area (Å²) in [5.74, 6) is 0.522. The normalized spacial score (nSPS) is 14.5. The highest BCUT2D eigenvalue weighted by Crippen LogP contribution is 2.39. The molecule has 7 heteroatoms. The summed E-state index contributed by atoms with van der Waals surface area (Å²) >= 11 is 0. The number of aromatic nitrogens is 3. The topological polar surface area (TPSA) is 55.1 Å². The van der Waals surface area contributed by atoms with Gasteiger partial charge in [0, 0.05) is 17.4 Å². The molecule has 1 aliphatic heterocycles. The van der Waals surface area contributed by atoms with Crippen molar-refractivity contribution < 1.29 is 9.18 Å². The number of nitrogens with one attached hydrogen (secondary N) is 1. The number of anilines is 1. The number of hydrogen-bond acceptors (Lipinski definition) is 2. The minimum atomic E-state index is -0.401. The fourth-order valence-corrected chi connectivity index (χ4v) is 5.21. The van der Waals surface area contributed by atoms with Gasteiger partial charge in [-0.1, -0.05) is 61.0 Å². The average Bonchev–Trinajstić information content (AvgIpc) is 3.51. The van der Waals surface area contributed by atoms with E-state index < -0.39 is 5.82 Å². The molecule has 0 saturated heterocycles. The Kier molecular flexibility index (Phi) is 6.04. The van der Waals surface area contributed by atoms with Gasteiger partial charge in [0.1, 0.15) is 11.6 Å². The van der Waals surface area contributed by atoms with Crippen LogP contribution in [0.25, 0.3) is 11.5 Å². The number of hydrogen-bond donors (Lipinski definition) is 1. The van der Waals surface area contributed by atoms with Gasteiger partial charge in [0.05, 0.1) is 29.7 Å². The van der Waals surface area contributed by atoms with Gasteiger partial charge in [0.15, 0.2) is 0 Å². The minimum Gasteiger partial charge on any atom is -0.308 e. The van der Waals surface area contributed by atoms with E-state index in [2.05, 4.69) is 47.1 Å². The van der Waals surface area contributed by atoms with E-state index in [-0.39, 0.29) is 12.1 Å². The van der Waals surface area contributed by atoms with Gasteiger partial charge in [-0.2, -0.15) is 5.10 Å². The second-order valence-corrected chi connectivity index (χ2v) is 9.53. The quantitative estimate of drug-likeness (QED) is 0.292. The first kappa shape index (κ1) is 23.7. The summed E-state index contributed by atoms with van der Waals surface area (Å²) in [4.78, 5) is 15.8. The molecule has 0 spiro atoms. The number of urea groups is 1. The number of para-hydroxylation sites is 1. The Labute approximate surface area is 221 Å². The standard InChI is InChI=1S/C31H28FN5O/c1-3-27-26-20-36(31(38)33-24-10-7-9-23(32)19-24)29(22-16-14-21(2)15-17-22)28-13-8-18-35(28)30(26)37(34-27)25-11-5-4-6-12-25/h4-19,29H,3,20H2,1-2H3,(H,33,38). The smallest absolute Gasteiger partial charge is 0.308 e. The van der Waals surface area contributed by atoms with Crippen LogP contribution >= 0.6 is 0 Å². The van der Waals surface area contributed by atoms with Crippen LogP contribution in [0.4, 0.5) is 14.9 Å². The van der Waals surface area contributed by atoms with E-state index in [1.807, 2.05) is 59.1 Å². The number of fused-ring (bicyclic) bond motifs is 3. The molecule has 1 N–H and O–H groups in total. The molecule has 1 aliphatic rings. The Morgan fingerprint density at radius 1 is 1.00 bits per heavy atom. The molecule has 6 rings (SSSR count). The van der Waals surface area contributed by atoms with Crippen LogP contribution in [0.2, 0.25) is 0 Å². The van der Waals surface area contributed by atoms with Gasteiger partial charge in [0.25, 0.3) is 0 Å². The lowest BCUT2D eigenvalue weighted by Crippen LogP contribution is -2.38. The summed E-state index contributed by atoms with van der Waals surface area (Å²) in [6.07, 6.45) is 2.75. The summed E-state index contributed by atoms with van der Waals surface area (Å²) in [5, 5.41) is 7.92. The van der Waals surface area contributed by atoms with E-state index in [4.69, 9.17) is 5.10 Å². The van der Waals surface area contributed by atoms with Crippen molar-refractivity contribution in [1.29, 1.82) is 0 Å². The van der Waals surface area contributed by atoms with Gasteiger partial charge in [-0.05, 0) is 61.4 Å². The minimum absolute atomic E-state index is 0.309. The second kappa shape index (κ2) is 9.67. The Hall–Kier alpha value is -4.65. The van der Waals surface area contributed by atoms with Crippen molar-refractivity contribution in [2.24, 2.45) is 0 Å². The predicted molar refractivity (Wildman–Crippen MR) is 146 cm³/mol. The lowest BCUT2D eigenvalue weighted by Gasteiger charge is -2.31.